The summed E-state index contributed by atoms with van der Waals surface area (Å²) in [7, 11) is 4.02. The zero-order valence-corrected chi connectivity index (χ0v) is 20.5. The maximum Gasteiger partial charge on any atom is 0.276 e. The first-order chi connectivity index (χ1) is 13.7. The molecule has 30 heavy (non-hydrogen) atoms. The van der Waals surface area contributed by atoms with Crippen LogP contribution in [0.5, 0.6) is 0 Å². The molecule has 1 aliphatic rings. The summed E-state index contributed by atoms with van der Waals surface area (Å²) in [6, 6.07) is 0. The smallest absolute Gasteiger partial charge is 0.276 e. The summed E-state index contributed by atoms with van der Waals surface area (Å²) in [5.74, 6) is -0.0701. The molecule has 0 spiro atoms. The van der Waals surface area contributed by atoms with Gasteiger partial charge in [-0.1, -0.05) is 58.2 Å². The molecule has 1 aliphatic carbocycles. The van der Waals surface area contributed by atoms with Gasteiger partial charge < -0.3 is 9.32 Å². The van der Waals surface area contributed by atoms with Gasteiger partial charge in [0.25, 0.3) is 5.22 Å². The van der Waals surface area contributed by atoms with E-state index in [0.29, 0.717) is 17.5 Å². The Kier molecular flexibility index (Phi) is 11.4. The van der Waals surface area contributed by atoms with Gasteiger partial charge in [0.15, 0.2) is 0 Å². The largest absolute Gasteiger partial charge is 0.415 e. The van der Waals surface area contributed by atoms with Crippen LogP contribution in [0.25, 0.3) is 0 Å². The highest BCUT2D eigenvalue weighted by Gasteiger charge is 2.33. The van der Waals surface area contributed by atoms with Crippen molar-refractivity contribution >= 4 is 36.0 Å². The van der Waals surface area contributed by atoms with Crippen molar-refractivity contribution in [3.05, 3.63) is 5.89 Å². The first-order valence-corrected chi connectivity index (χ1v) is 11.6. The fourth-order valence-electron chi connectivity index (χ4n) is 3.49. The molecular weight excluding hydrogens is 424 g/mol. The number of hydrogen-bond acceptors (Lipinski definition) is 7. The maximum atomic E-state index is 13.0. The Morgan fingerprint density at radius 2 is 1.80 bits per heavy atom. The molecule has 9 heteroatoms. The number of aromatic nitrogens is 2. The summed E-state index contributed by atoms with van der Waals surface area (Å²) < 4.78 is 5.79. The Bertz CT molecular complexity index is 667. The van der Waals surface area contributed by atoms with E-state index in [-0.39, 0.29) is 35.6 Å². The summed E-state index contributed by atoms with van der Waals surface area (Å²) in [4.78, 5) is 27.7. The van der Waals surface area contributed by atoms with Crippen LogP contribution in [0, 0.1) is 11.3 Å². The number of nitrogens with zero attached hydrogens (tertiary/aromatic N) is 3. The van der Waals surface area contributed by atoms with Crippen molar-refractivity contribution in [2.24, 2.45) is 11.3 Å². The zero-order chi connectivity index (χ0) is 21.4. The van der Waals surface area contributed by atoms with Crippen molar-refractivity contribution < 1.29 is 14.0 Å². The van der Waals surface area contributed by atoms with Crippen molar-refractivity contribution in [2.75, 3.05) is 26.4 Å². The van der Waals surface area contributed by atoms with Gasteiger partial charge in [-0.2, -0.15) is 0 Å². The molecule has 1 atom stereocenters. The van der Waals surface area contributed by atoms with Crippen LogP contribution in [0.15, 0.2) is 9.64 Å². The monoisotopic (exact) mass is 460 g/mol. The first-order valence-electron chi connectivity index (χ1n) is 10.6. The number of amides is 2. The molecule has 1 fully saturated rings. The molecule has 0 aromatic carbocycles. The minimum Gasteiger partial charge on any atom is -0.415 e. The maximum absolute atomic E-state index is 13.0. The fourth-order valence-corrected chi connectivity index (χ4v) is 4.37. The molecule has 1 aromatic rings. The summed E-state index contributed by atoms with van der Waals surface area (Å²) in [6.07, 6.45) is 6.68. The summed E-state index contributed by atoms with van der Waals surface area (Å²) in [5, 5.41) is 11.3. The van der Waals surface area contributed by atoms with Crippen molar-refractivity contribution in [2.45, 2.75) is 76.9 Å². The Morgan fingerprint density at radius 3 is 2.37 bits per heavy atom. The number of imide groups is 1. The molecule has 0 aliphatic heterocycles. The van der Waals surface area contributed by atoms with Crippen molar-refractivity contribution in [1.29, 1.82) is 0 Å². The summed E-state index contributed by atoms with van der Waals surface area (Å²) >= 11 is 1.48. The Morgan fingerprint density at radius 1 is 1.17 bits per heavy atom. The molecule has 1 N–H and O–H groups in total. The topological polar surface area (TPSA) is 88.3 Å². The van der Waals surface area contributed by atoms with Crippen LogP contribution in [0.1, 0.15) is 77.5 Å². The number of halogens is 1. The predicted octanol–water partition coefficient (Wildman–Crippen LogP) is 4.28. The van der Waals surface area contributed by atoms with Gasteiger partial charge in [-0.15, -0.1) is 22.6 Å². The van der Waals surface area contributed by atoms with E-state index in [9.17, 15) is 9.59 Å². The van der Waals surface area contributed by atoms with Gasteiger partial charge in [0, 0.05) is 18.2 Å². The molecule has 172 valence electrons. The van der Waals surface area contributed by atoms with E-state index in [2.05, 4.69) is 41.2 Å². The molecule has 0 bridgehead atoms. The molecule has 0 saturated heterocycles. The van der Waals surface area contributed by atoms with Crippen LogP contribution < -0.4 is 5.32 Å². The fraction of sp³-hybridized carbons (Fsp3) is 0.810. The van der Waals surface area contributed by atoms with Crippen LogP contribution in [0.3, 0.4) is 0 Å². The average Bonchev–Trinajstić information content (AvgIpc) is 2.90. The third-order valence-electron chi connectivity index (χ3n) is 5.09. The van der Waals surface area contributed by atoms with E-state index in [1.165, 1.54) is 24.6 Å². The standard InChI is InChI=1S/C21H36N4O3S.ClH/c1-21(2,3)14-16(19-23-24-20(28-19)29-13-12-25(4)5)18(27)22-17(26)15-10-8-6-7-9-11-15;/h15-16H,6-14H2,1-5H3,(H,22,26,27);1H. The molecule has 1 aromatic heterocycles. The number of rotatable bonds is 8. The molecule has 1 heterocycles. The molecular formula is C21H37ClN4O3S. The number of carbonyl (C=O) groups excluding carboxylic acids is 2. The minimum absolute atomic E-state index is 0. The Hall–Kier alpha value is -1.12. The van der Waals surface area contributed by atoms with Crippen molar-refractivity contribution in [3.8, 4) is 0 Å². The number of carbonyl (C=O) groups is 2. The Balaban J connectivity index is 0.00000450. The molecule has 7 nitrogen and oxygen atoms in total. The summed E-state index contributed by atoms with van der Waals surface area (Å²) in [5.41, 5.74) is -0.125. The minimum atomic E-state index is -0.625. The van der Waals surface area contributed by atoms with E-state index >= 15 is 0 Å². The second kappa shape index (κ2) is 12.7. The highest BCUT2D eigenvalue weighted by molar-refractivity contribution is 7.99. The number of hydrogen-bond donors (Lipinski definition) is 1. The third kappa shape index (κ3) is 9.35. The number of nitrogens with one attached hydrogen (secondary N) is 1. The molecule has 1 unspecified atom stereocenters. The average molecular weight is 461 g/mol. The normalized spacial score (nSPS) is 16.6. The van der Waals surface area contributed by atoms with Gasteiger partial charge in [0.2, 0.25) is 17.7 Å². The zero-order valence-electron chi connectivity index (χ0n) is 18.9. The SMILES string of the molecule is CN(C)CCSc1nnc(C(CC(C)(C)C)C(=O)NC(=O)C2CCCCCC2)o1.Cl. The van der Waals surface area contributed by atoms with Gasteiger partial charge in [0.05, 0.1) is 0 Å². The van der Waals surface area contributed by atoms with E-state index in [4.69, 9.17) is 4.42 Å². The summed E-state index contributed by atoms with van der Waals surface area (Å²) in [6.45, 7) is 7.07. The third-order valence-corrected chi connectivity index (χ3v) is 5.89. The predicted molar refractivity (Wildman–Crippen MR) is 122 cm³/mol. The van der Waals surface area contributed by atoms with Crippen LogP contribution in [-0.4, -0.2) is 53.3 Å². The van der Waals surface area contributed by atoms with Crippen LogP contribution >= 0.6 is 24.2 Å². The van der Waals surface area contributed by atoms with Gasteiger partial charge in [-0.25, -0.2) is 0 Å². The van der Waals surface area contributed by atoms with E-state index in [1.54, 1.807) is 0 Å². The van der Waals surface area contributed by atoms with Crippen molar-refractivity contribution in [1.82, 2.24) is 20.4 Å². The van der Waals surface area contributed by atoms with Crippen LogP contribution in [0.4, 0.5) is 0 Å². The van der Waals surface area contributed by atoms with Gasteiger partial charge in [0.1, 0.15) is 5.92 Å². The Labute approximate surface area is 190 Å². The van der Waals surface area contributed by atoms with Gasteiger partial charge >= 0.3 is 0 Å². The lowest BCUT2D eigenvalue weighted by Crippen LogP contribution is -2.39. The second-order valence-corrected chi connectivity index (χ2v) is 10.5. The van der Waals surface area contributed by atoms with E-state index in [1.807, 2.05) is 14.1 Å². The van der Waals surface area contributed by atoms with E-state index in [0.717, 1.165) is 38.0 Å². The van der Waals surface area contributed by atoms with Gasteiger partial charge in [-0.05, 0) is 38.8 Å². The lowest BCUT2D eigenvalue weighted by atomic mass is 9.84. The number of thioether (sulfide) groups is 1. The van der Waals surface area contributed by atoms with Crippen LogP contribution in [0.2, 0.25) is 0 Å². The molecule has 1 saturated carbocycles. The molecule has 2 amide bonds. The first kappa shape index (κ1) is 26.9. The second-order valence-electron chi connectivity index (χ2n) is 9.42. The van der Waals surface area contributed by atoms with E-state index < -0.39 is 5.92 Å². The molecule has 0 radical (unpaired) electrons. The molecule has 2 rings (SSSR count). The van der Waals surface area contributed by atoms with Crippen molar-refractivity contribution in [3.63, 3.8) is 0 Å². The van der Waals surface area contributed by atoms with Gasteiger partial charge in [-0.3, -0.25) is 14.9 Å². The highest BCUT2D eigenvalue weighted by Crippen LogP contribution is 2.32. The quantitative estimate of drug-likeness (QED) is 0.457. The lowest BCUT2D eigenvalue weighted by Gasteiger charge is -2.23. The lowest BCUT2D eigenvalue weighted by molar-refractivity contribution is -0.134. The highest BCUT2D eigenvalue weighted by atomic mass is 35.5. The van der Waals surface area contributed by atoms with Crippen LogP contribution in [-0.2, 0) is 9.59 Å².